The smallest absolute Gasteiger partial charge is 0.316 e. The fourth-order valence-corrected chi connectivity index (χ4v) is 3.83. The van der Waals surface area contributed by atoms with E-state index in [4.69, 9.17) is 9.47 Å². The molecule has 0 saturated carbocycles. The third-order valence-electron chi connectivity index (χ3n) is 5.50. The molecule has 4 aromatic heterocycles. The fraction of sp³-hybridized carbons (Fsp3) is 0.318. The molecule has 0 bridgehead atoms. The van der Waals surface area contributed by atoms with Gasteiger partial charge in [-0.1, -0.05) is 0 Å². The van der Waals surface area contributed by atoms with Gasteiger partial charge in [-0.05, 0) is 25.5 Å². The number of carbonyl (C=O) groups excluding carboxylic acids is 1. The minimum Gasteiger partial charge on any atom is -0.467 e. The van der Waals surface area contributed by atoms with Gasteiger partial charge in [-0.25, -0.2) is 9.97 Å². The quantitative estimate of drug-likeness (QED) is 0.480. The van der Waals surface area contributed by atoms with Crippen LogP contribution in [-0.4, -0.2) is 55.9 Å². The first-order valence-corrected chi connectivity index (χ1v) is 10.4. The molecule has 2 N–H and O–H groups in total. The maximum Gasteiger partial charge on any atom is 0.316 e. The second kappa shape index (κ2) is 8.39. The van der Waals surface area contributed by atoms with Crippen LogP contribution >= 0.6 is 0 Å². The number of fused-ring (bicyclic) bond motifs is 1. The summed E-state index contributed by atoms with van der Waals surface area (Å²) in [5.74, 6) is 0.648. The lowest BCUT2D eigenvalue weighted by molar-refractivity contribution is 0.102. The zero-order valence-corrected chi connectivity index (χ0v) is 17.8. The molecule has 1 saturated heterocycles. The van der Waals surface area contributed by atoms with E-state index < -0.39 is 0 Å². The molecule has 1 aliphatic rings. The number of nitrogens with zero attached hydrogens (tertiary/aromatic N) is 5. The van der Waals surface area contributed by atoms with Gasteiger partial charge in [0.25, 0.3) is 5.91 Å². The van der Waals surface area contributed by atoms with Crippen molar-refractivity contribution >= 4 is 22.6 Å². The molecule has 1 atom stereocenters. The third kappa shape index (κ3) is 4.04. The highest BCUT2D eigenvalue weighted by molar-refractivity contribution is 6.05. The predicted molar refractivity (Wildman–Crippen MR) is 118 cm³/mol. The highest BCUT2D eigenvalue weighted by Crippen LogP contribution is 2.25. The van der Waals surface area contributed by atoms with Gasteiger partial charge in [0.1, 0.15) is 5.82 Å². The van der Waals surface area contributed by atoms with Crippen molar-refractivity contribution in [1.29, 1.82) is 0 Å². The van der Waals surface area contributed by atoms with Gasteiger partial charge in [0.05, 0.1) is 41.9 Å². The molecular weight excluding hydrogens is 410 g/mol. The van der Waals surface area contributed by atoms with Gasteiger partial charge in [-0.2, -0.15) is 10.1 Å². The molecule has 10 heteroatoms. The largest absolute Gasteiger partial charge is 0.467 e. The molecule has 32 heavy (non-hydrogen) atoms. The minimum atomic E-state index is -0.240. The van der Waals surface area contributed by atoms with Crippen molar-refractivity contribution in [2.75, 3.05) is 25.6 Å². The van der Waals surface area contributed by atoms with Crippen LogP contribution in [0.4, 0.5) is 5.82 Å². The Kier molecular flexibility index (Phi) is 5.28. The first-order chi connectivity index (χ1) is 15.6. The van der Waals surface area contributed by atoms with E-state index in [9.17, 15) is 4.79 Å². The van der Waals surface area contributed by atoms with Crippen LogP contribution < -0.4 is 10.1 Å². The molecule has 1 amide bonds. The van der Waals surface area contributed by atoms with Crippen LogP contribution in [-0.2, 0) is 11.3 Å². The number of H-pyrrole nitrogens is 1. The Hall–Kier alpha value is -3.79. The molecule has 1 aliphatic heterocycles. The second-order valence-corrected chi connectivity index (χ2v) is 7.80. The van der Waals surface area contributed by atoms with Crippen LogP contribution in [0.5, 0.6) is 6.01 Å². The van der Waals surface area contributed by atoms with E-state index in [0.717, 1.165) is 42.8 Å². The lowest BCUT2D eigenvalue weighted by Gasteiger charge is -2.06. The van der Waals surface area contributed by atoms with Crippen molar-refractivity contribution in [2.24, 2.45) is 5.92 Å². The topological polar surface area (TPSA) is 120 Å². The number of ether oxygens (including phenoxy) is 2. The first kappa shape index (κ1) is 20.1. The third-order valence-corrected chi connectivity index (χ3v) is 5.50. The molecule has 0 spiro atoms. The van der Waals surface area contributed by atoms with Gasteiger partial charge in [0.2, 0.25) is 0 Å². The van der Waals surface area contributed by atoms with Gasteiger partial charge in [-0.15, -0.1) is 0 Å². The second-order valence-electron chi connectivity index (χ2n) is 7.80. The van der Waals surface area contributed by atoms with Crippen molar-refractivity contribution in [2.45, 2.75) is 19.9 Å². The number of hydrogen-bond donors (Lipinski definition) is 2. The summed E-state index contributed by atoms with van der Waals surface area (Å²) >= 11 is 0. The zero-order chi connectivity index (χ0) is 22.1. The molecule has 1 unspecified atom stereocenters. The summed E-state index contributed by atoms with van der Waals surface area (Å²) in [7, 11) is 1.53. The number of methoxy groups -OCH3 is 1. The monoisotopic (exact) mass is 433 g/mol. The minimum absolute atomic E-state index is 0.240. The SMILES string of the molecule is COc1nccc(-c2cc3cnc(NC(=O)c4cn(CC5CCOC5)nc4C)cc3[nH]2)n1. The summed E-state index contributed by atoms with van der Waals surface area (Å²) in [5, 5.41) is 8.26. The molecule has 5 rings (SSSR count). The number of hydrogen-bond acceptors (Lipinski definition) is 7. The van der Waals surface area contributed by atoms with E-state index in [2.05, 4.69) is 30.4 Å². The number of carbonyl (C=O) groups is 1. The number of aromatic amines is 1. The van der Waals surface area contributed by atoms with Crippen molar-refractivity contribution < 1.29 is 14.3 Å². The molecule has 0 aliphatic carbocycles. The molecule has 0 aromatic carbocycles. The maximum absolute atomic E-state index is 12.8. The molecule has 4 aromatic rings. The first-order valence-electron chi connectivity index (χ1n) is 10.4. The Bertz CT molecular complexity index is 1270. The van der Waals surface area contributed by atoms with Gasteiger partial charge in [0, 0.05) is 49.1 Å². The Labute approximate surface area is 184 Å². The number of rotatable bonds is 6. The summed E-state index contributed by atoms with van der Waals surface area (Å²) in [6.45, 7) is 4.11. The van der Waals surface area contributed by atoms with Crippen LogP contribution in [0.3, 0.4) is 0 Å². The Morgan fingerprint density at radius 1 is 1.38 bits per heavy atom. The van der Waals surface area contributed by atoms with E-state index in [1.165, 1.54) is 7.11 Å². The molecule has 5 heterocycles. The maximum atomic E-state index is 12.8. The highest BCUT2D eigenvalue weighted by atomic mass is 16.5. The Morgan fingerprint density at radius 2 is 2.28 bits per heavy atom. The van der Waals surface area contributed by atoms with Crippen LogP contribution in [0.15, 0.2) is 36.8 Å². The van der Waals surface area contributed by atoms with Crippen molar-refractivity contribution in [3.05, 3.63) is 48.0 Å². The summed E-state index contributed by atoms with van der Waals surface area (Å²) in [6.07, 6.45) is 6.15. The van der Waals surface area contributed by atoms with Crippen molar-refractivity contribution in [3.8, 4) is 17.4 Å². The van der Waals surface area contributed by atoms with Crippen molar-refractivity contribution in [3.63, 3.8) is 0 Å². The number of amides is 1. The van der Waals surface area contributed by atoms with Crippen LogP contribution in [0.25, 0.3) is 22.3 Å². The number of pyridine rings is 1. The number of anilines is 1. The fourth-order valence-electron chi connectivity index (χ4n) is 3.83. The number of aryl methyl sites for hydroxylation is 1. The van der Waals surface area contributed by atoms with E-state index in [1.807, 2.05) is 17.7 Å². The van der Waals surface area contributed by atoms with E-state index >= 15 is 0 Å². The van der Waals surface area contributed by atoms with Gasteiger partial charge in [0.15, 0.2) is 0 Å². The average molecular weight is 433 g/mol. The zero-order valence-electron chi connectivity index (χ0n) is 17.8. The van der Waals surface area contributed by atoms with Gasteiger partial charge < -0.3 is 19.8 Å². The van der Waals surface area contributed by atoms with E-state index in [1.54, 1.807) is 30.7 Å². The predicted octanol–water partition coefficient (Wildman–Crippen LogP) is 2.82. The molecule has 0 radical (unpaired) electrons. The van der Waals surface area contributed by atoms with Gasteiger partial charge in [-0.3, -0.25) is 9.48 Å². The lowest BCUT2D eigenvalue weighted by atomic mass is 10.1. The molecule has 164 valence electrons. The Morgan fingerprint density at radius 3 is 3.09 bits per heavy atom. The van der Waals surface area contributed by atoms with Crippen LogP contribution in [0, 0.1) is 12.8 Å². The van der Waals surface area contributed by atoms with Crippen LogP contribution in [0.2, 0.25) is 0 Å². The summed E-state index contributed by atoms with van der Waals surface area (Å²) in [4.78, 5) is 28.9. The molecular formula is C22H23N7O3. The lowest BCUT2D eigenvalue weighted by Crippen LogP contribution is -2.13. The molecule has 1 fully saturated rings. The molecule has 10 nitrogen and oxygen atoms in total. The summed E-state index contributed by atoms with van der Waals surface area (Å²) in [6, 6.07) is 5.83. The highest BCUT2D eigenvalue weighted by Gasteiger charge is 2.19. The number of aromatic nitrogens is 6. The Balaban J connectivity index is 1.34. The van der Waals surface area contributed by atoms with Gasteiger partial charge >= 0.3 is 6.01 Å². The van der Waals surface area contributed by atoms with E-state index in [-0.39, 0.29) is 5.91 Å². The van der Waals surface area contributed by atoms with Crippen molar-refractivity contribution in [1.82, 2.24) is 29.7 Å². The summed E-state index contributed by atoms with van der Waals surface area (Å²) in [5.41, 5.74) is 3.55. The normalized spacial score (nSPS) is 15.9. The van der Waals surface area contributed by atoms with E-state index in [0.29, 0.717) is 34.7 Å². The standard InChI is InChI=1S/C22H23N7O3/c1-13-16(11-29(28-13)10-14-4-6-32-12-14)21(30)27-20-8-18-15(9-24-20)7-19(25-18)17-3-5-23-22(26-17)31-2/h3,5,7-9,11,14,25H,4,6,10,12H2,1-2H3,(H,24,27,30). The average Bonchev–Trinajstić information content (AvgIpc) is 3.54. The number of nitrogens with one attached hydrogen (secondary N) is 2. The van der Waals surface area contributed by atoms with Crippen LogP contribution in [0.1, 0.15) is 22.5 Å². The summed E-state index contributed by atoms with van der Waals surface area (Å²) < 4.78 is 12.3.